The van der Waals surface area contributed by atoms with Crippen LogP contribution in [-0.2, 0) is 19.6 Å². The van der Waals surface area contributed by atoms with Crippen molar-refractivity contribution in [1.29, 1.82) is 0 Å². The van der Waals surface area contributed by atoms with E-state index in [-0.39, 0.29) is 35.4 Å². The molecule has 2 aromatic rings. The van der Waals surface area contributed by atoms with Gasteiger partial charge in [0.1, 0.15) is 11.8 Å². The van der Waals surface area contributed by atoms with E-state index in [1.54, 1.807) is 24.3 Å². The summed E-state index contributed by atoms with van der Waals surface area (Å²) in [5.74, 6) is -0.405. The number of anilines is 1. The number of hydrogen-bond acceptors (Lipinski definition) is 6. The number of sulfonamides is 1. The van der Waals surface area contributed by atoms with Crippen LogP contribution in [0.2, 0.25) is 0 Å². The largest absolute Gasteiger partial charge is 0.494 e. The fraction of sp³-hybridized carbons (Fsp3) is 0.417. The molecule has 1 aliphatic rings. The number of nitrogens with one attached hydrogen (secondary N) is 2. The number of nitrogens with zero attached hydrogens (tertiary/aromatic N) is 1. The second-order valence-corrected chi connectivity index (χ2v) is 10.1. The van der Waals surface area contributed by atoms with Gasteiger partial charge in [0.15, 0.2) is 0 Å². The first-order chi connectivity index (χ1) is 16.2. The summed E-state index contributed by atoms with van der Waals surface area (Å²) in [5.41, 5.74) is 0.737. The Bertz CT molecular complexity index is 1100. The quantitative estimate of drug-likeness (QED) is 0.560. The van der Waals surface area contributed by atoms with E-state index in [1.165, 1.54) is 28.6 Å². The fourth-order valence-corrected chi connectivity index (χ4v) is 4.97. The molecule has 9 nitrogen and oxygen atoms in total. The van der Waals surface area contributed by atoms with Gasteiger partial charge in [-0.3, -0.25) is 9.59 Å². The average Bonchev–Trinajstić information content (AvgIpc) is 2.84. The topological polar surface area (TPSA) is 114 Å². The molecule has 1 aliphatic heterocycles. The number of benzene rings is 2. The first kappa shape index (κ1) is 25.7. The lowest BCUT2D eigenvalue weighted by molar-refractivity contribution is -0.118. The van der Waals surface area contributed by atoms with Crippen LogP contribution in [0.1, 0.15) is 31.1 Å². The Balaban J connectivity index is 1.71. The summed E-state index contributed by atoms with van der Waals surface area (Å²) in [5, 5.41) is 5.54. The molecule has 1 fully saturated rings. The van der Waals surface area contributed by atoms with Gasteiger partial charge in [0.2, 0.25) is 15.9 Å². The van der Waals surface area contributed by atoms with Crippen molar-refractivity contribution in [2.45, 2.75) is 31.7 Å². The van der Waals surface area contributed by atoms with E-state index >= 15 is 0 Å². The van der Waals surface area contributed by atoms with Crippen molar-refractivity contribution in [3.63, 3.8) is 0 Å². The fourth-order valence-electron chi connectivity index (χ4n) is 3.51. The highest BCUT2D eigenvalue weighted by molar-refractivity contribution is 7.89. The van der Waals surface area contributed by atoms with E-state index in [9.17, 15) is 18.0 Å². The maximum Gasteiger partial charge on any atom is 0.251 e. The minimum atomic E-state index is -3.74. The van der Waals surface area contributed by atoms with Crippen molar-refractivity contribution in [3.8, 4) is 5.75 Å². The molecular formula is C24H31N3O6S. The third-order valence-corrected chi connectivity index (χ3v) is 7.27. The van der Waals surface area contributed by atoms with Crippen LogP contribution >= 0.6 is 0 Å². The summed E-state index contributed by atoms with van der Waals surface area (Å²) in [6.45, 7) is 7.27. The molecule has 0 aliphatic carbocycles. The molecule has 10 heteroatoms. The molecule has 0 bridgehead atoms. The van der Waals surface area contributed by atoms with E-state index < -0.39 is 22.0 Å². The standard InChI is InChI=1S/C24H31N3O6S/c1-4-33-20-10-8-19(9-11-20)25-24(29)22(17(2)3)26-23(28)18-6-5-7-21(16-18)34(30,31)27-12-14-32-15-13-27/h5-11,16-17,22H,4,12-15H2,1-3H3,(H,25,29)(H,26,28)/t22-/m0/s1. The number of carbonyl (C=O) groups excluding carboxylic acids is 2. The van der Waals surface area contributed by atoms with Gasteiger partial charge >= 0.3 is 0 Å². The van der Waals surface area contributed by atoms with Crippen LogP contribution in [0.15, 0.2) is 53.4 Å². The van der Waals surface area contributed by atoms with Crippen LogP contribution in [0.5, 0.6) is 5.75 Å². The van der Waals surface area contributed by atoms with E-state index in [4.69, 9.17) is 9.47 Å². The monoisotopic (exact) mass is 489 g/mol. The van der Waals surface area contributed by atoms with Gasteiger partial charge in [-0.1, -0.05) is 19.9 Å². The summed E-state index contributed by atoms with van der Waals surface area (Å²) in [6, 6.07) is 12.0. The second kappa shape index (κ2) is 11.5. The zero-order valence-corrected chi connectivity index (χ0v) is 20.4. The van der Waals surface area contributed by atoms with Crippen molar-refractivity contribution in [2.75, 3.05) is 38.2 Å². The van der Waals surface area contributed by atoms with Gasteiger partial charge in [-0.05, 0) is 55.3 Å². The van der Waals surface area contributed by atoms with Crippen LogP contribution in [0.3, 0.4) is 0 Å². The Morgan fingerprint density at radius 2 is 1.76 bits per heavy atom. The van der Waals surface area contributed by atoms with Crippen molar-refractivity contribution in [1.82, 2.24) is 9.62 Å². The lowest BCUT2D eigenvalue weighted by atomic mass is 10.0. The summed E-state index contributed by atoms with van der Waals surface area (Å²) in [4.78, 5) is 25.9. The molecule has 0 saturated carbocycles. The molecular weight excluding hydrogens is 458 g/mol. The molecule has 0 aromatic heterocycles. The molecule has 0 radical (unpaired) electrons. The minimum Gasteiger partial charge on any atom is -0.494 e. The van der Waals surface area contributed by atoms with Crippen molar-refractivity contribution in [2.24, 2.45) is 5.92 Å². The van der Waals surface area contributed by atoms with Gasteiger partial charge in [-0.15, -0.1) is 0 Å². The highest BCUT2D eigenvalue weighted by Crippen LogP contribution is 2.19. The molecule has 1 saturated heterocycles. The first-order valence-corrected chi connectivity index (χ1v) is 12.7. The lowest BCUT2D eigenvalue weighted by Gasteiger charge is -2.26. The van der Waals surface area contributed by atoms with Gasteiger partial charge in [0.05, 0.1) is 24.7 Å². The molecule has 3 rings (SSSR count). The van der Waals surface area contributed by atoms with E-state index in [1.807, 2.05) is 20.8 Å². The molecule has 34 heavy (non-hydrogen) atoms. The molecule has 2 N–H and O–H groups in total. The molecule has 0 spiro atoms. The number of ether oxygens (including phenoxy) is 2. The van der Waals surface area contributed by atoms with Crippen LogP contribution in [0, 0.1) is 5.92 Å². The zero-order valence-electron chi connectivity index (χ0n) is 19.6. The Labute approximate surface area is 200 Å². The highest BCUT2D eigenvalue weighted by atomic mass is 32.2. The first-order valence-electron chi connectivity index (χ1n) is 11.2. The Kier molecular flexibility index (Phi) is 8.65. The van der Waals surface area contributed by atoms with E-state index in [2.05, 4.69) is 10.6 Å². The molecule has 2 amide bonds. The second-order valence-electron chi connectivity index (χ2n) is 8.19. The summed E-state index contributed by atoms with van der Waals surface area (Å²) in [6.07, 6.45) is 0. The highest BCUT2D eigenvalue weighted by Gasteiger charge is 2.28. The average molecular weight is 490 g/mol. The number of amides is 2. The van der Waals surface area contributed by atoms with Crippen molar-refractivity contribution in [3.05, 3.63) is 54.1 Å². The van der Waals surface area contributed by atoms with Crippen LogP contribution < -0.4 is 15.4 Å². The lowest BCUT2D eigenvalue weighted by Crippen LogP contribution is -2.47. The van der Waals surface area contributed by atoms with Crippen LogP contribution in [0.25, 0.3) is 0 Å². The Hall–Kier alpha value is -2.95. The predicted octanol–water partition coefficient (Wildman–Crippen LogP) is 2.50. The van der Waals surface area contributed by atoms with Gasteiger partial charge in [0.25, 0.3) is 5.91 Å². The third-order valence-electron chi connectivity index (χ3n) is 5.37. The van der Waals surface area contributed by atoms with E-state index in [0.29, 0.717) is 31.3 Å². The Morgan fingerprint density at radius 1 is 1.09 bits per heavy atom. The third kappa shape index (κ3) is 6.34. The summed E-state index contributed by atoms with van der Waals surface area (Å²) < 4.78 is 37.8. The number of hydrogen-bond donors (Lipinski definition) is 2. The Morgan fingerprint density at radius 3 is 2.38 bits per heavy atom. The van der Waals surface area contributed by atoms with Crippen LogP contribution in [-0.4, -0.2) is 63.5 Å². The normalized spacial score (nSPS) is 15.5. The molecule has 1 atom stereocenters. The summed E-state index contributed by atoms with van der Waals surface area (Å²) in [7, 11) is -3.74. The minimum absolute atomic E-state index is 0.0296. The SMILES string of the molecule is CCOc1ccc(NC(=O)[C@@H](NC(=O)c2cccc(S(=O)(=O)N3CCOCC3)c2)C(C)C)cc1. The van der Waals surface area contributed by atoms with Gasteiger partial charge in [0, 0.05) is 24.3 Å². The van der Waals surface area contributed by atoms with Gasteiger partial charge < -0.3 is 20.1 Å². The number of morpholine rings is 1. The maximum atomic E-state index is 13.0. The number of rotatable bonds is 9. The van der Waals surface area contributed by atoms with Crippen molar-refractivity contribution < 1.29 is 27.5 Å². The van der Waals surface area contributed by atoms with Gasteiger partial charge in [-0.25, -0.2) is 8.42 Å². The van der Waals surface area contributed by atoms with E-state index in [0.717, 1.165) is 0 Å². The zero-order chi connectivity index (χ0) is 24.7. The van der Waals surface area contributed by atoms with Gasteiger partial charge in [-0.2, -0.15) is 4.31 Å². The van der Waals surface area contributed by atoms with Crippen molar-refractivity contribution >= 4 is 27.5 Å². The molecule has 1 heterocycles. The molecule has 184 valence electrons. The molecule has 0 unspecified atom stereocenters. The maximum absolute atomic E-state index is 13.0. The smallest absolute Gasteiger partial charge is 0.251 e. The van der Waals surface area contributed by atoms with Crippen LogP contribution in [0.4, 0.5) is 5.69 Å². The number of carbonyl (C=O) groups is 2. The summed E-state index contributed by atoms with van der Waals surface area (Å²) >= 11 is 0. The molecule has 2 aromatic carbocycles. The predicted molar refractivity (Wildman–Crippen MR) is 128 cm³/mol.